The molecule has 4 fully saturated rings. The smallest absolute Gasteiger partial charge is 0.461 e. The van der Waals surface area contributed by atoms with Crippen molar-refractivity contribution in [1.29, 1.82) is 0 Å². The van der Waals surface area contributed by atoms with Crippen molar-refractivity contribution in [3.05, 3.63) is 0 Å². The molecule has 22 atom stereocenters. The first-order valence-electron chi connectivity index (χ1n) is 26.0. The number of carbonyl (C=O) groups is 4. The maximum absolute atomic E-state index is 15.4. The van der Waals surface area contributed by atoms with Crippen LogP contribution in [0.2, 0.25) is 0 Å². The van der Waals surface area contributed by atoms with Crippen LogP contribution in [0.4, 0.5) is 4.79 Å². The third kappa shape index (κ3) is 16.0. The summed E-state index contributed by atoms with van der Waals surface area (Å²) < 4.78 is 74.4. The number of carbonyl (C=O) groups excluding carboxylic acids is 4. The standard InChI is InChI=1S/C52H90N2O19/c1-25(2)19-37(55)69-43-32(9)42(27(4)24-65-50-46(62-16)45(61-15)39(56)35(12)68-50)71-48(59)34(11)44(70-38-20-28(5)54(14)23-30(7)66-38)31(8)41(72-49-40(57)36(53-64-18)21-29(6)67-49)26(3)22-52(13,47(58)33(43)10)73-51(60)63-17/h25-35,38-46,49-50,56-57H,19-24H2,1-18H3/t26-,27-,28-,29+,30-,31+,32-,33+,34+,35+,38-,39+,40+,41-,42+,43+,44-,45+,46+,49-,50+,52-/m0/s1. The fraction of sp³-hybridized carbons (Fsp3) is 0.904. The molecule has 0 unspecified atom stereocenters. The van der Waals surface area contributed by atoms with E-state index in [9.17, 15) is 19.8 Å². The molecule has 2 N–H and O–H groups in total. The summed E-state index contributed by atoms with van der Waals surface area (Å²) in [5, 5.41) is 26.6. The highest BCUT2D eigenvalue weighted by Gasteiger charge is 2.53. The minimum atomic E-state index is -1.96. The van der Waals surface area contributed by atoms with Gasteiger partial charge in [-0.2, -0.15) is 0 Å². The van der Waals surface area contributed by atoms with Gasteiger partial charge in [0.25, 0.3) is 0 Å². The highest BCUT2D eigenvalue weighted by Crippen LogP contribution is 2.40. The van der Waals surface area contributed by atoms with Crippen LogP contribution >= 0.6 is 0 Å². The summed E-state index contributed by atoms with van der Waals surface area (Å²) in [6.45, 7) is 23.6. The second-order valence-electron chi connectivity index (χ2n) is 21.8. The Morgan fingerprint density at radius 1 is 0.808 bits per heavy atom. The predicted octanol–water partition coefficient (Wildman–Crippen LogP) is 5.06. The molecule has 4 heterocycles. The highest BCUT2D eigenvalue weighted by molar-refractivity contribution is 5.91. The number of aliphatic hydroxyl groups is 2. The monoisotopic (exact) mass is 1050 g/mol. The molecule has 4 rings (SSSR count). The Kier molecular flexibility index (Phi) is 23.8. The third-order valence-electron chi connectivity index (χ3n) is 15.1. The molecule has 4 aliphatic heterocycles. The summed E-state index contributed by atoms with van der Waals surface area (Å²) in [6.07, 6.45) is -13.7. The summed E-state index contributed by atoms with van der Waals surface area (Å²) in [7, 11) is 7.41. The highest BCUT2D eigenvalue weighted by atomic mass is 16.7. The van der Waals surface area contributed by atoms with Crippen LogP contribution in [-0.2, 0) is 76.1 Å². The average Bonchev–Trinajstić information content (AvgIpc) is 3.44. The van der Waals surface area contributed by atoms with E-state index in [1.807, 2.05) is 34.7 Å². The molecule has 0 bridgehead atoms. The van der Waals surface area contributed by atoms with Crippen molar-refractivity contribution in [2.45, 2.75) is 213 Å². The number of esters is 2. The Morgan fingerprint density at radius 3 is 2.07 bits per heavy atom. The van der Waals surface area contributed by atoms with Crippen molar-refractivity contribution in [2.75, 3.05) is 48.6 Å². The Bertz CT molecular complexity index is 1810. The maximum atomic E-state index is 15.4. The van der Waals surface area contributed by atoms with Crippen LogP contribution in [-0.4, -0.2) is 191 Å². The second-order valence-corrected chi connectivity index (χ2v) is 21.8. The van der Waals surface area contributed by atoms with Crippen LogP contribution < -0.4 is 0 Å². The van der Waals surface area contributed by atoms with E-state index >= 15 is 9.59 Å². The lowest BCUT2D eigenvalue weighted by Crippen LogP contribution is -2.59. The van der Waals surface area contributed by atoms with Crippen molar-refractivity contribution in [3.8, 4) is 0 Å². The lowest BCUT2D eigenvalue weighted by Gasteiger charge is -2.45. The third-order valence-corrected chi connectivity index (χ3v) is 15.1. The minimum absolute atomic E-state index is 0.00999. The number of hydrogen-bond acceptors (Lipinski definition) is 21. The van der Waals surface area contributed by atoms with Gasteiger partial charge in [-0.1, -0.05) is 53.6 Å². The lowest BCUT2D eigenvalue weighted by atomic mass is 9.74. The molecule has 0 aromatic carbocycles. The predicted molar refractivity (Wildman–Crippen MR) is 264 cm³/mol. The van der Waals surface area contributed by atoms with Crippen molar-refractivity contribution >= 4 is 29.6 Å². The Balaban J connectivity index is 1.96. The molecular formula is C52H90N2O19. The van der Waals surface area contributed by atoms with Crippen molar-refractivity contribution in [2.24, 2.45) is 46.6 Å². The van der Waals surface area contributed by atoms with Crippen LogP contribution in [0.15, 0.2) is 5.16 Å². The van der Waals surface area contributed by atoms with E-state index in [1.165, 1.54) is 28.3 Å². The van der Waals surface area contributed by atoms with Crippen molar-refractivity contribution in [3.63, 3.8) is 0 Å². The van der Waals surface area contributed by atoms with Gasteiger partial charge in [-0.3, -0.25) is 14.4 Å². The fourth-order valence-corrected chi connectivity index (χ4v) is 11.0. The number of nitrogens with zero attached hydrogens (tertiary/aromatic N) is 2. The van der Waals surface area contributed by atoms with E-state index < -0.39 is 145 Å². The van der Waals surface area contributed by atoms with Gasteiger partial charge in [0.15, 0.2) is 30.3 Å². The number of Topliss-reactive ketones (excluding diaryl/α,β-unsaturated/α-hetero) is 1. The number of ketones is 1. The molecule has 0 radical (unpaired) electrons. The number of cyclic esters (lactones) is 1. The summed E-state index contributed by atoms with van der Waals surface area (Å²) in [4.78, 5) is 65.1. The molecule has 4 saturated heterocycles. The van der Waals surface area contributed by atoms with Crippen molar-refractivity contribution in [1.82, 2.24) is 4.90 Å². The summed E-state index contributed by atoms with van der Waals surface area (Å²) >= 11 is 0. The second kappa shape index (κ2) is 27.8. The molecule has 4 aliphatic rings. The van der Waals surface area contributed by atoms with Crippen LogP contribution in [0.5, 0.6) is 0 Å². The normalized spacial score (nSPS) is 41.8. The summed E-state index contributed by atoms with van der Waals surface area (Å²) in [5.74, 6) is -7.38. The van der Waals surface area contributed by atoms with Crippen LogP contribution in [0.3, 0.4) is 0 Å². The van der Waals surface area contributed by atoms with E-state index in [0.29, 0.717) is 13.0 Å². The average molecular weight is 1050 g/mol. The number of ether oxygens (including phenoxy) is 12. The van der Waals surface area contributed by atoms with Gasteiger partial charge in [0, 0.05) is 63.8 Å². The van der Waals surface area contributed by atoms with E-state index in [0.717, 1.165) is 7.11 Å². The van der Waals surface area contributed by atoms with Crippen LogP contribution in [0, 0.1) is 41.4 Å². The van der Waals surface area contributed by atoms with Crippen molar-refractivity contribution < 1.29 is 91.1 Å². The van der Waals surface area contributed by atoms with Gasteiger partial charge in [0.1, 0.15) is 43.7 Å². The van der Waals surface area contributed by atoms with Crippen LogP contribution in [0.1, 0.15) is 116 Å². The van der Waals surface area contributed by atoms with Gasteiger partial charge >= 0.3 is 18.1 Å². The molecule has 0 amide bonds. The fourth-order valence-electron chi connectivity index (χ4n) is 11.0. The van der Waals surface area contributed by atoms with Gasteiger partial charge in [-0.15, -0.1) is 0 Å². The van der Waals surface area contributed by atoms with E-state index in [1.54, 1.807) is 48.5 Å². The molecular weight excluding hydrogens is 957 g/mol. The summed E-state index contributed by atoms with van der Waals surface area (Å²) in [5.41, 5.74) is -1.68. The van der Waals surface area contributed by atoms with Gasteiger partial charge in [-0.25, -0.2) is 4.79 Å². The summed E-state index contributed by atoms with van der Waals surface area (Å²) in [6, 6.07) is 0.0182. The SMILES string of the molecule is CON=C1C[C@@H](C)O[C@@H](O[C@@H]2[C@@H](C)[C@H](O[C@H]3C[C@H](C)N(C)C[C@H](C)O3)[C@@H](C)C(=O)O[C@H]([C@@H](C)CO[C@@H]3O[C@H](C)[C@@H](O)[C@@H](OC)[C@H]3OC)[C@H](C)[C@@H](OC(=O)CC(C)C)[C@@H](C)C(=O)[C@@](C)(OC(=O)OC)C[C@@H]2C)[C@@H]1O. The first-order valence-corrected chi connectivity index (χ1v) is 26.0. The zero-order chi connectivity index (χ0) is 54.8. The molecule has 21 nitrogen and oxygen atoms in total. The van der Waals surface area contributed by atoms with E-state index in [-0.39, 0.29) is 49.6 Å². The maximum Gasteiger partial charge on any atom is 0.508 e. The Labute approximate surface area is 433 Å². The largest absolute Gasteiger partial charge is 0.508 e. The molecule has 0 aromatic heterocycles. The lowest BCUT2D eigenvalue weighted by molar-refractivity contribution is -0.305. The molecule has 73 heavy (non-hydrogen) atoms. The number of aliphatic hydroxyl groups excluding tert-OH is 2. The molecule has 0 saturated carbocycles. The number of rotatable bonds is 15. The van der Waals surface area contributed by atoms with Gasteiger partial charge in [-0.05, 0) is 66.8 Å². The number of oxime groups is 1. The Hall–Kier alpha value is -3.09. The van der Waals surface area contributed by atoms with Gasteiger partial charge < -0.3 is 76.8 Å². The molecule has 0 aromatic rings. The topological polar surface area (TPSA) is 244 Å². The number of hydrogen-bond donors (Lipinski definition) is 2. The zero-order valence-corrected chi connectivity index (χ0v) is 46.7. The van der Waals surface area contributed by atoms with Crippen LogP contribution in [0.25, 0.3) is 0 Å². The quantitative estimate of drug-likeness (QED) is 0.124. The first kappa shape index (κ1) is 62.4. The zero-order valence-electron chi connectivity index (χ0n) is 46.7. The molecule has 422 valence electrons. The van der Waals surface area contributed by atoms with Gasteiger partial charge in [0.2, 0.25) is 0 Å². The molecule has 21 heteroatoms. The first-order chi connectivity index (χ1) is 34.2. The number of methoxy groups -OCH3 is 3. The minimum Gasteiger partial charge on any atom is -0.461 e. The van der Waals surface area contributed by atoms with E-state index in [4.69, 9.17) is 61.7 Å². The Morgan fingerprint density at radius 2 is 1.47 bits per heavy atom. The number of likely N-dealkylation sites (N-methyl/N-ethyl adjacent to an activating group) is 1. The van der Waals surface area contributed by atoms with Gasteiger partial charge in [0.05, 0.1) is 61.8 Å². The molecule has 0 spiro atoms. The van der Waals surface area contributed by atoms with E-state index in [2.05, 4.69) is 17.0 Å². The molecule has 0 aliphatic carbocycles.